The van der Waals surface area contributed by atoms with E-state index in [1.165, 1.54) is 45.4 Å². The predicted molar refractivity (Wildman–Crippen MR) is 137 cm³/mol. The van der Waals surface area contributed by atoms with Crippen LogP contribution in [0.4, 0.5) is 0 Å². The zero-order valence-corrected chi connectivity index (χ0v) is 20.7. The number of methoxy groups -OCH3 is 2. The lowest BCUT2D eigenvalue weighted by Crippen LogP contribution is -1.99. The molecule has 5 rings (SSSR count). The monoisotopic (exact) mass is 485 g/mol. The molecule has 6 heteroatoms. The molecule has 32 heavy (non-hydrogen) atoms. The van der Waals surface area contributed by atoms with Crippen molar-refractivity contribution >= 4 is 45.6 Å². The van der Waals surface area contributed by atoms with E-state index in [9.17, 15) is 0 Å². The molecule has 2 aromatic carbocycles. The summed E-state index contributed by atoms with van der Waals surface area (Å²) in [5.41, 5.74) is 6.93. The molecule has 3 nitrogen and oxygen atoms in total. The van der Waals surface area contributed by atoms with Crippen molar-refractivity contribution in [2.24, 2.45) is 0 Å². The van der Waals surface area contributed by atoms with Crippen LogP contribution in [-0.2, 0) is 12.8 Å². The molecule has 1 aliphatic rings. The molecular formula is C26H25Cl2NO2S. The Hall–Kier alpha value is -2.27. The largest absolute Gasteiger partial charge is 0.496 e. The summed E-state index contributed by atoms with van der Waals surface area (Å²) in [5.74, 6) is 1.29. The van der Waals surface area contributed by atoms with Crippen molar-refractivity contribution in [3.8, 4) is 33.9 Å². The van der Waals surface area contributed by atoms with Crippen molar-refractivity contribution in [3.63, 3.8) is 0 Å². The van der Waals surface area contributed by atoms with Crippen LogP contribution in [0.25, 0.3) is 32.6 Å². The van der Waals surface area contributed by atoms with E-state index in [-0.39, 0.29) is 12.4 Å². The molecule has 0 unspecified atom stereocenters. The van der Waals surface area contributed by atoms with Crippen LogP contribution in [-0.4, -0.2) is 19.2 Å². The minimum atomic E-state index is 0. The summed E-state index contributed by atoms with van der Waals surface area (Å²) in [7, 11) is 3.27. The second kappa shape index (κ2) is 9.30. The Morgan fingerprint density at radius 2 is 1.72 bits per heavy atom. The number of aryl methyl sites for hydroxylation is 3. The van der Waals surface area contributed by atoms with Crippen LogP contribution in [0.1, 0.15) is 28.8 Å². The Morgan fingerprint density at radius 1 is 0.938 bits per heavy atom. The molecule has 0 aliphatic heterocycles. The van der Waals surface area contributed by atoms with Crippen LogP contribution >= 0.6 is 35.3 Å². The van der Waals surface area contributed by atoms with Crippen molar-refractivity contribution in [2.45, 2.75) is 32.6 Å². The lowest BCUT2D eigenvalue weighted by Gasteiger charge is -2.15. The Morgan fingerprint density at radius 3 is 2.47 bits per heavy atom. The lowest BCUT2D eigenvalue weighted by molar-refractivity contribution is 0.395. The lowest BCUT2D eigenvalue weighted by atomic mass is 9.91. The maximum Gasteiger partial charge on any atom is 0.141 e. The number of aromatic nitrogens is 1. The number of fused-ring (bicyclic) bond motifs is 3. The van der Waals surface area contributed by atoms with Gasteiger partial charge in [-0.3, -0.25) is 0 Å². The van der Waals surface area contributed by atoms with Crippen molar-refractivity contribution in [1.29, 1.82) is 0 Å². The maximum atomic E-state index is 6.48. The number of pyridine rings is 1. The minimum absolute atomic E-state index is 0. The third-order valence-electron chi connectivity index (χ3n) is 6.00. The van der Waals surface area contributed by atoms with Gasteiger partial charge in [-0.25, -0.2) is 4.98 Å². The van der Waals surface area contributed by atoms with Crippen molar-refractivity contribution < 1.29 is 9.47 Å². The fourth-order valence-corrected chi connectivity index (χ4v) is 6.02. The van der Waals surface area contributed by atoms with Crippen LogP contribution in [0.3, 0.4) is 0 Å². The molecule has 0 saturated heterocycles. The van der Waals surface area contributed by atoms with Gasteiger partial charge in [0, 0.05) is 21.9 Å². The van der Waals surface area contributed by atoms with Crippen LogP contribution in [0, 0.1) is 6.92 Å². The molecule has 2 heterocycles. The summed E-state index contributed by atoms with van der Waals surface area (Å²) in [6.07, 6.45) is 4.79. The molecule has 0 saturated carbocycles. The molecule has 0 amide bonds. The SMILES string of the molecule is COc1cc(OC)c(-c2cc(-c3cccc(C)c3)c3c4c(sc3n2)CCCC4)cc1Cl.Cl. The van der Waals surface area contributed by atoms with Gasteiger partial charge in [0.25, 0.3) is 0 Å². The van der Waals surface area contributed by atoms with Gasteiger partial charge in [-0.05, 0) is 61.4 Å². The van der Waals surface area contributed by atoms with Gasteiger partial charge in [0.2, 0.25) is 0 Å². The molecule has 1 aliphatic carbocycles. The Bertz CT molecular complexity index is 1300. The van der Waals surface area contributed by atoms with Crippen LogP contribution in [0.5, 0.6) is 11.5 Å². The first-order valence-corrected chi connectivity index (χ1v) is 11.7. The smallest absolute Gasteiger partial charge is 0.141 e. The average molecular weight is 486 g/mol. The average Bonchev–Trinajstić information content (AvgIpc) is 3.16. The summed E-state index contributed by atoms with van der Waals surface area (Å²) in [6.45, 7) is 2.14. The third kappa shape index (κ3) is 3.96. The highest BCUT2D eigenvalue weighted by Gasteiger charge is 2.22. The third-order valence-corrected chi connectivity index (χ3v) is 7.49. The summed E-state index contributed by atoms with van der Waals surface area (Å²) in [5, 5.41) is 1.86. The molecule has 0 atom stereocenters. The zero-order valence-electron chi connectivity index (χ0n) is 18.3. The number of hydrogen-bond donors (Lipinski definition) is 0. The van der Waals surface area contributed by atoms with Crippen LogP contribution < -0.4 is 9.47 Å². The van der Waals surface area contributed by atoms with E-state index in [1.54, 1.807) is 14.2 Å². The highest BCUT2D eigenvalue weighted by Crippen LogP contribution is 2.44. The quantitative estimate of drug-likeness (QED) is 0.294. The van der Waals surface area contributed by atoms with Gasteiger partial charge in [0.15, 0.2) is 0 Å². The number of nitrogens with zero attached hydrogens (tertiary/aromatic N) is 1. The molecule has 0 fully saturated rings. The maximum absolute atomic E-state index is 6.48. The van der Waals surface area contributed by atoms with E-state index in [0.29, 0.717) is 16.5 Å². The van der Waals surface area contributed by atoms with E-state index < -0.39 is 0 Å². The number of halogens is 2. The van der Waals surface area contributed by atoms with Crippen molar-refractivity contribution in [3.05, 3.63) is 63.5 Å². The summed E-state index contributed by atoms with van der Waals surface area (Å²) < 4.78 is 11.1. The van der Waals surface area contributed by atoms with E-state index in [1.807, 2.05) is 23.5 Å². The summed E-state index contributed by atoms with van der Waals surface area (Å²) >= 11 is 8.32. The molecule has 166 valence electrons. The van der Waals surface area contributed by atoms with Gasteiger partial charge in [-0.2, -0.15) is 0 Å². The topological polar surface area (TPSA) is 31.4 Å². The molecule has 0 bridgehead atoms. The molecule has 2 aromatic heterocycles. The van der Waals surface area contributed by atoms with Gasteiger partial charge in [-0.1, -0.05) is 41.4 Å². The number of thiophene rings is 1. The normalized spacial score (nSPS) is 12.9. The number of benzene rings is 2. The Labute approximate surface area is 203 Å². The van der Waals surface area contributed by atoms with Gasteiger partial charge >= 0.3 is 0 Å². The van der Waals surface area contributed by atoms with Crippen LogP contribution in [0.15, 0.2) is 42.5 Å². The van der Waals surface area contributed by atoms with Gasteiger partial charge in [0.05, 0.1) is 24.9 Å². The highest BCUT2D eigenvalue weighted by atomic mass is 35.5. The van der Waals surface area contributed by atoms with Crippen molar-refractivity contribution in [2.75, 3.05) is 14.2 Å². The van der Waals surface area contributed by atoms with Gasteiger partial charge < -0.3 is 9.47 Å². The minimum Gasteiger partial charge on any atom is -0.496 e. The van der Waals surface area contributed by atoms with Crippen molar-refractivity contribution in [1.82, 2.24) is 4.98 Å². The molecule has 0 radical (unpaired) electrons. The van der Waals surface area contributed by atoms with Gasteiger partial charge in [-0.15, -0.1) is 23.7 Å². The summed E-state index contributed by atoms with van der Waals surface area (Å²) in [6, 6.07) is 14.6. The molecule has 0 spiro atoms. The first-order chi connectivity index (χ1) is 15.1. The second-order valence-corrected chi connectivity index (χ2v) is 9.49. The fraction of sp³-hybridized carbons (Fsp3) is 0.269. The van der Waals surface area contributed by atoms with Crippen LogP contribution in [0.2, 0.25) is 5.02 Å². The standard InChI is InChI=1S/C26H24ClNO2S.ClH/c1-15-7-6-8-16(11-15)18-13-21(19-12-20(27)23(30-3)14-22(19)29-2)28-26-25(18)17-9-4-5-10-24(17)31-26;/h6-8,11-14H,4-5,9-10H2,1-3H3;1H. The summed E-state index contributed by atoms with van der Waals surface area (Å²) in [4.78, 5) is 7.68. The predicted octanol–water partition coefficient (Wildman–Crippen LogP) is 7.91. The Balaban J connectivity index is 0.00000245. The molecular weight excluding hydrogens is 461 g/mol. The molecule has 0 N–H and O–H groups in total. The highest BCUT2D eigenvalue weighted by molar-refractivity contribution is 7.19. The zero-order chi connectivity index (χ0) is 21.5. The Kier molecular flexibility index (Phi) is 6.66. The number of ether oxygens (including phenoxy) is 2. The number of rotatable bonds is 4. The van der Waals surface area contributed by atoms with E-state index in [0.717, 1.165) is 28.9 Å². The van der Waals surface area contributed by atoms with E-state index in [2.05, 4.69) is 37.3 Å². The fourth-order valence-electron chi connectivity index (χ4n) is 4.50. The van der Waals surface area contributed by atoms with E-state index in [4.69, 9.17) is 26.1 Å². The number of hydrogen-bond acceptors (Lipinski definition) is 4. The first-order valence-electron chi connectivity index (χ1n) is 10.5. The first kappa shape index (κ1) is 22.9. The second-order valence-electron chi connectivity index (χ2n) is 8.00. The molecule has 4 aromatic rings. The van der Waals surface area contributed by atoms with Gasteiger partial charge in [0.1, 0.15) is 16.3 Å². The van der Waals surface area contributed by atoms with E-state index >= 15 is 0 Å².